The fourth-order valence-electron chi connectivity index (χ4n) is 3.33. The molecule has 2 aromatic rings. The molecule has 0 aliphatic carbocycles. The fourth-order valence-corrected chi connectivity index (χ4v) is 4.68. The van der Waals surface area contributed by atoms with Crippen molar-refractivity contribution in [1.29, 1.82) is 0 Å². The maximum absolute atomic E-state index is 12.7. The van der Waals surface area contributed by atoms with E-state index < -0.39 is 10.0 Å². The summed E-state index contributed by atoms with van der Waals surface area (Å²) in [6.45, 7) is 4.10. The summed E-state index contributed by atoms with van der Waals surface area (Å²) in [4.78, 5) is 2.71. The molecule has 1 aliphatic rings. The molecule has 0 atom stereocenters. The van der Waals surface area contributed by atoms with Crippen molar-refractivity contribution in [3.8, 4) is 0 Å². The summed E-state index contributed by atoms with van der Waals surface area (Å²) in [6, 6.07) is 13.0. The highest BCUT2D eigenvalue weighted by Crippen LogP contribution is 2.23. The Balaban J connectivity index is 1.66. The summed E-state index contributed by atoms with van der Waals surface area (Å²) >= 11 is 0. The minimum absolute atomic E-state index is 0.362. The molecule has 6 heteroatoms. The Hall–Kier alpha value is -1.47. The van der Waals surface area contributed by atoms with Gasteiger partial charge in [-0.05, 0) is 43.3 Å². The molecule has 130 valence electrons. The molecule has 0 aromatic heterocycles. The van der Waals surface area contributed by atoms with Crippen LogP contribution in [-0.4, -0.2) is 46.0 Å². The van der Waals surface area contributed by atoms with Crippen LogP contribution < -0.4 is 10.5 Å². The van der Waals surface area contributed by atoms with Crippen molar-refractivity contribution in [2.75, 3.05) is 32.7 Å². The SMILES string of the molecule is NCCN1CCC(CNS(=O)(=O)c2cccc3ccccc23)CC1. The molecule has 0 unspecified atom stereocenters. The van der Waals surface area contributed by atoms with E-state index in [1.165, 1.54) is 0 Å². The number of sulfonamides is 1. The van der Waals surface area contributed by atoms with Crippen LogP contribution in [0.15, 0.2) is 47.4 Å². The van der Waals surface area contributed by atoms with E-state index in [0.717, 1.165) is 43.2 Å². The highest BCUT2D eigenvalue weighted by Gasteiger charge is 2.22. The van der Waals surface area contributed by atoms with Gasteiger partial charge in [0.05, 0.1) is 4.90 Å². The second-order valence-electron chi connectivity index (χ2n) is 6.40. The first-order valence-corrected chi connectivity index (χ1v) is 9.98. The Bertz CT molecular complexity index is 778. The number of nitrogens with one attached hydrogen (secondary N) is 1. The quantitative estimate of drug-likeness (QED) is 0.835. The largest absolute Gasteiger partial charge is 0.329 e. The molecular formula is C18H25N3O2S. The first kappa shape index (κ1) is 17.4. The topological polar surface area (TPSA) is 75.4 Å². The van der Waals surface area contributed by atoms with Crippen LogP contribution in [0.1, 0.15) is 12.8 Å². The fraction of sp³-hybridized carbons (Fsp3) is 0.444. The normalized spacial score (nSPS) is 17.4. The Morgan fingerprint density at radius 1 is 1.08 bits per heavy atom. The van der Waals surface area contributed by atoms with Gasteiger partial charge in [0.15, 0.2) is 0 Å². The van der Waals surface area contributed by atoms with Crippen molar-refractivity contribution in [3.05, 3.63) is 42.5 Å². The van der Waals surface area contributed by atoms with Gasteiger partial charge in [0.1, 0.15) is 0 Å². The van der Waals surface area contributed by atoms with Crippen molar-refractivity contribution < 1.29 is 8.42 Å². The van der Waals surface area contributed by atoms with Gasteiger partial charge in [-0.2, -0.15) is 0 Å². The molecule has 24 heavy (non-hydrogen) atoms. The minimum Gasteiger partial charge on any atom is -0.329 e. The van der Waals surface area contributed by atoms with Crippen molar-refractivity contribution in [1.82, 2.24) is 9.62 Å². The molecule has 2 aromatic carbocycles. The zero-order valence-corrected chi connectivity index (χ0v) is 14.6. The van der Waals surface area contributed by atoms with E-state index in [1.807, 2.05) is 30.3 Å². The maximum atomic E-state index is 12.7. The Morgan fingerprint density at radius 2 is 1.79 bits per heavy atom. The van der Waals surface area contributed by atoms with Crippen LogP contribution in [0.2, 0.25) is 0 Å². The molecule has 1 heterocycles. The number of nitrogens with zero attached hydrogens (tertiary/aromatic N) is 1. The second kappa shape index (κ2) is 7.61. The van der Waals surface area contributed by atoms with E-state index in [1.54, 1.807) is 12.1 Å². The van der Waals surface area contributed by atoms with E-state index in [-0.39, 0.29) is 0 Å². The molecule has 0 spiro atoms. The van der Waals surface area contributed by atoms with Gasteiger partial charge in [0, 0.05) is 25.0 Å². The highest BCUT2D eigenvalue weighted by atomic mass is 32.2. The van der Waals surface area contributed by atoms with Crippen molar-refractivity contribution in [2.24, 2.45) is 11.7 Å². The van der Waals surface area contributed by atoms with Crippen LogP contribution in [0.5, 0.6) is 0 Å². The van der Waals surface area contributed by atoms with Gasteiger partial charge in [-0.25, -0.2) is 13.1 Å². The second-order valence-corrected chi connectivity index (χ2v) is 8.14. The highest BCUT2D eigenvalue weighted by molar-refractivity contribution is 7.89. The van der Waals surface area contributed by atoms with Gasteiger partial charge in [0.2, 0.25) is 10.0 Å². The standard InChI is InChI=1S/C18H25N3O2S/c19-10-13-21-11-8-15(9-12-21)14-20-24(22,23)18-7-3-5-16-4-1-2-6-17(16)18/h1-7,15,20H,8-14,19H2. The Morgan fingerprint density at radius 3 is 2.54 bits per heavy atom. The Labute approximate surface area is 143 Å². The van der Waals surface area contributed by atoms with Crippen molar-refractivity contribution in [2.45, 2.75) is 17.7 Å². The lowest BCUT2D eigenvalue weighted by Gasteiger charge is -2.31. The van der Waals surface area contributed by atoms with Crippen LogP contribution >= 0.6 is 0 Å². The van der Waals surface area contributed by atoms with Crippen molar-refractivity contribution >= 4 is 20.8 Å². The van der Waals surface area contributed by atoms with Gasteiger partial charge < -0.3 is 10.6 Å². The van der Waals surface area contributed by atoms with E-state index in [9.17, 15) is 8.42 Å². The van der Waals surface area contributed by atoms with Crippen LogP contribution in [0.3, 0.4) is 0 Å². The first-order valence-electron chi connectivity index (χ1n) is 8.50. The number of piperidine rings is 1. The molecular weight excluding hydrogens is 322 g/mol. The van der Waals surface area contributed by atoms with Crippen LogP contribution in [0, 0.1) is 5.92 Å². The molecule has 1 fully saturated rings. The van der Waals surface area contributed by atoms with Crippen molar-refractivity contribution in [3.63, 3.8) is 0 Å². The lowest BCUT2D eigenvalue weighted by molar-refractivity contribution is 0.190. The van der Waals surface area contributed by atoms with Crippen LogP contribution in [-0.2, 0) is 10.0 Å². The molecule has 5 nitrogen and oxygen atoms in total. The predicted molar refractivity (Wildman–Crippen MR) is 97.4 cm³/mol. The summed E-state index contributed by atoms with van der Waals surface area (Å²) < 4.78 is 28.2. The molecule has 3 N–H and O–H groups in total. The smallest absolute Gasteiger partial charge is 0.241 e. The number of hydrogen-bond donors (Lipinski definition) is 2. The summed E-state index contributed by atoms with van der Waals surface area (Å²) in [5, 5.41) is 1.71. The minimum atomic E-state index is -3.49. The molecule has 1 aliphatic heterocycles. The van der Waals surface area contributed by atoms with Gasteiger partial charge in [-0.3, -0.25) is 0 Å². The zero-order chi connectivity index (χ0) is 17.0. The van der Waals surface area contributed by atoms with E-state index in [2.05, 4.69) is 9.62 Å². The molecule has 0 radical (unpaired) electrons. The average Bonchev–Trinajstić information content (AvgIpc) is 2.61. The summed E-state index contributed by atoms with van der Waals surface area (Å²) in [5.74, 6) is 0.392. The van der Waals surface area contributed by atoms with Gasteiger partial charge in [0.25, 0.3) is 0 Å². The van der Waals surface area contributed by atoms with Gasteiger partial charge in [-0.1, -0.05) is 36.4 Å². The Kier molecular flexibility index (Phi) is 5.50. The molecule has 3 rings (SSSR count). The molecule has 1 saturated heterocycles. The van der Waals surface area contributed by atoms with E-state index >= 15 is 0 Å². The first-order chi connectivity index (χ1) is 11.6. The number of nitrogens with two attached hydrogens (primary N) is 1. The van der Waals surface area contributed by atoms with E-state index in [0.29, 0.717) is 23.9 Å². The van der Waals surface area contributed by atoms with Crippen LogP contribution in [0.4, 0.5) is 0 Å². The monoisotopic (exact) mass is 347 g/mol. The van der Waals surface area contributed by atoms with Crippen LogP contribution in [0.25, 0.3) is 10.8 Å². The van der Waals surface area contributed by atoms with Gasteiger partial charge >= 0.3 is 0 Å². The number of hydrogen-bond acceptors (Lipinski definition) is 4. The van der Waals surface area contributed by atoms with E-state index in [4.69, 9.17) is 5.73 Å². The zero-order valence-electron chi connectivity index (χ0n) is 13.8. The molecule has 0 saturated carbocycles. The number of rotatable bonds is 6. The third-order valence-electron chi connectivity index (χ3n) is 4.75. The summed E-state index contributed by atoms with van der Waals surface area (Å²) in [7, 11) is -3.49. The lowest BCUT2D eigenvalue weighted by atomic mass is 9.97. The third-order valence-corrected chi connectivity index (χ3v) is 6.24. The summed E-state index contributed by atoms with van der Waals surface area (Å²) in [5.41, 5.74) is 5.59. The van der Waals surface area contributed by atoms with Gasteiger partial charge in [-0.15, -0.1) is 0 Å². The summed E-state index contributed by atoms with van der Waals surface area (Å²) in [6.07, 6.45) is 2.02. The predicted octanol–water partition coefficient (Wildman–Crippen LogP) is 1.79. The lowest BCUT2D eigenvalue weighted by Crippen LogP contribution is -2.40. The number of fused-ring (bicyclic) bond motifs is 1. The molecule has 0 amide bonds. The maximum Gasteiger partial charge on any atom is 0.241 e. The molecule has 0 bridgehead atoms. The number of benzene rings is 2. The third kappa shape index (κ3) is 3.95. The average molecular weight is 347 g/mol. The number of likely N-dealkylation sites (tertiary alicyclic amines) is 1.